The first-order valence-electron chi connectivity index (χ1n) is 9.18. The minimum Gasteiger partial charge on any atom is -0.508 e. The van der Waals surface area contributed by atoms with Crippen molar-refractivity contribution in [2.45, 2.75) is 58.0 Å². The van der Waals surface area contributed by atoms with Gasteiger partial charge in [0.2, 0.25) is 5.91 Å². The maximum atomic E-state index is 12.7. The van der Waals surface area contributed by atoms with Crippen LogP contribution >= 0.6 is 0 Å². The van der Waals surface area contributed by atoms with E-state index in [9.17, 15) is 9.90 Å². The fourth-order valence-electron chi connectivity index (χ4n) is 3.57. The Morgan fingerprint density at radius 2 is 2.08 bits per heavy atom. The third-order valence-corrected chi connectivity index (χ3v) is 4.97. The summed E-state index contributed by atoms with van der Waals surface area (Å²) in [7, 11) is 0. The van der Waals surface area contributed by atoms with Gasteiger partial charge in [-0.3, -0.25) is 9.48 Å². The lowest BCUT2D eigenvalue weighted by atomic mass is 9.95. The molecule has 0 unspecified atom stereocenters. The number of aromatic nitrogens is 2. The number of hydrogen-bond donors (Lipinski definition) is 1. The minimum absolute atomic E-state index is 0.239. The summed E-state index contributed by atoms with van der Waals surface area (Å²) < 4.78 is 1.85. The molecule has 1 N–H and O–H groups in total. The van der Waals surface area contributed by atoms with E-state index in [-0.39, 0.29) is 5.91 Å². The van der Waals surface area contributed by atoms with Crippen LogP contribution in [0.15, 0.2) is 36.7 Å². The summed E-state index contributed by atoms with van der Waals surface area (Å²) in [6, 6.07) is 7.71. The zero-order valence-electron chi connectivity index (χ0n) is 14.9. The number of rotatable bonds is 6. The van der Waals surface area contributed by atoms with Gasteiger partial charge in [-0.25, -0.2) is 0 Å². The summed E-state index contributed by atoms with van der Waals surface area (Å²) in [5.74, 6) is 0.538. The molecule has 1 aromatic heterocycles. The average molecular weight is 341 g/mol. The molecule has 0 spiro atoms. The van der Waals surface area contributed by atoms with Crippen molar-refractivity contribution in [2.75, 3.05) is 6.54 Å². The topological polar surface area (TPSA) is 58.4 Å². The Hall–Kier alpha value is -2.30. The smallest absolute Gasteiger partial charge is 0.224 e. The van der Waals surface area contributed by atoms with Gasteiger partial charge in [-0.15, -0.1) is 0 Å². The molecule has 0 radical (unpaired) electrons. The molecule has 0 aliphatic carbocycles. The van der Waals surface area contributed by atoms with E-state index in [1.54, 1.807) is 12.1 Å². The van der Waals surface area contributed by atoms with Crippen molar-refractivity contribution >= 4 is 5.91 Å². The van der Waals surface area contributed by atoms with Crippen LogP contribution in [-0.2, 0) is 17.8 Å². The predicted octanol–water partition coefficient (Wildman–Crippen LogP) is 3.30. The van der Waals surface area contributed by atoms with Crippen molar-refractivity contribution in [2.24, 2.45) is 0 Å². The van der Waals surface area contributed by atoms with Crippen molar-refractivity contribution in [1.82, 2.24) is 14.7 Å². The SMILES string of the molecule is Cc1cnn(CCC(=O)N2CCCC[C@H]2CCc2ccc(O)cc2)c1. The van der Waals surface area contributed by atoms with Crippen molar-refractivity contribution in [1.29, 1.82) is 0 Å². The molecule has 1 aliphatic heterocycles. The molecule has 1 amide bonds. The summed E-state index contributed by atoms with van der Waals surface area (Å²) in [4.78, 5) is 14.8. The molecule has 3 rings (SSSR count). The molecule has 0 bridgehead atoms. The molecule has 1 saturated heterocycles. The number of piperidine rings is 1. The molecule has 2 aromatic rings. The van der Waals surface area contributed by atoms with Gasteiger partial charge in [0.05, 0.1) is 6.20 Å². The van der Waals surface area contributed by atoms with Crippen LogP contribution in [0.2, 0.25) is 0 Å². The Balaban J connectivity index is 1.54. The number of carbonyl (C=O) groups is 1. The highest BCUT2D eigenvalue weighted by Crippen LogP contribution is 2.23. The van der Waals surface area contributed by atoms with Crippen LogP contribution in [0.5, 0.6) is 5.75 Å². The van der Waals surface area contributed by atoms with Crippen molar-refractivity contribution in [3.8, 4) is 5.75 Å². The van der Waals surface area contributed by atoms with Gasteiger partial charge in [-0.05, 0) is 62.3 Å². The number of amides is 1. The number of phenols is 1. The first kappa shape index (κ1) is 17.5. The molecule has 5 heteroatoms. The second-order valence-electron chi connectivity index (χ2n) is 6.97. The highest BCUT2D eigenvalue weighted by Gasteiger charge is 2.26. The Bertz CT molecular complexity index is 693. The summed E-state index contributed by atoms with van der Waals surface area (Å²) in [6.07, 6.45) is 9.62. The van der Waals surface area contributed by atoms with Crippen LogP contribution in [0, 0.1) is 6.92 Å². The van der Waals surface area contributed by atoms with Crippen LogP contribution < -0.4 is 0 Å². The van der Waals surface area contributed by atoms with Crippen LogP contribution in [0.1, 0.15) is 43.2 Å². The van der Waals surface area contributed by atoms with Crippen LogP contribution in [0.25, 0.3) is 0 Å². The van der Waals surface area contributed by atoms with E-state index in [0.717, 1.165) is 37.8 Å². The molecule has 1 atom stereocenters. The van der Waals surface area contributed by atoms with E-state index in [2.05, 4.69) is 10.00 Å². The van der Waals surface area contributed by atoms with Crippen LogP contribution in [0.3, 0.4) is 0 Å². The highest BCUT2D eigenvalue weighted by molar-refractivity contribution is 5.76. The number of hydrogen-bond acceptors (Lipinski definition) is 3. The van der Waals surface area contributed by atoms with Gasteiger partial charge < -0.3 is 10.0 Å². The quantitative estimate of drug-likeness (QED) is 0.877. The maximum absolute atomic E-state index is 12.7. The van der Waals surface area contributed by atoms with Crippen molar-refractivity contribution in [3.63, 3.8) is 0 Å². The Labute approximate surface area is 149 Å². The minimum atomic E-state index is 0.239. The fourth-order valence-corrected chi connectivity index (χ4v) is 3.57. The first-order valence-corrected chi connectivity index (χ1v) is 9.18. The normalized spacial score (nSPS) is 17.6. The number of aryl methyl sites for hydroxylation is 3. The van der Waals surface area contributed by atoms with Crippen LogP contribution in [-0.4, -0.2) is 38.3 Å². The predicted molar refractivity (Wildman–Crippen MR) is 97.4 cm³/mol. The number of benzene rings is 1. The molecule has 134 valence electrons. The number of nitrogens with zero attached hydrogens (tertiary/aromatic N) is 3. The summed E-state index contributed by atoms with van der Waals surface area (Å²) >= 11 is 0. The van der Waals surface area contributed by atoms with E-state index in [0.29, 0.717) is 24.8 Å². The van der Waals surface area contributed by atoms with E-state index in [4.69, 9.17) is 0 Å². The standard InChI is InChI=1S/C20H27N3O2/c1-16-14-21-22(15-16)13-11-20(25)23-12-3-2-4-18(23)8-5-17-6-9-19(24)10-7-17/h6-7,9-10,14-15,18,24H,2-5,8,11-13H2,1H3/t18-/m0/s1. The molecule has 0 saturated carbocycles. The van der Waals surface area contributed by atoms with Crippen molar-refractivity contribution < 1.29 is 9.90 Å². The second-order valence-corrected chi connectivity index (χ2v) is 6.97. The molecular weight excluding hydrogens is 314 g/mol. The van der Waals surface area contributed by atoms with E-state index in [1.165, 1.54) is 12.0 Å². The first-order chi connectivity index (χ1) is 12.1. The molecular formula is C20H27N3O2. The Kier molecular flexibility index (Phi) is 5.74. The fraction of sp³-hybridized carbons (Fsp3) is 0.500. The molecule has 1 fully saturated rings. The van der Waals surface area contributed by atoms with Gasteiger partial charge in [0.25, 0.3) is 0 Å². The summed E-state index contributed by atoms with van der Waals surface area (Å²) in [5, 5.41) is 13.6. The zero-order valence-corrected chi connectivity index (χ0v) is 14.9. The molecule has 1 aromatic carbocycles. The largest absolute Gasteiger partial charge is 0.508 e. The van der Waals surface area contributed by atoms with E-state index >= 15 is 0 Å². The third-order valence-electron chi connectivity index (χ3n) is 4.97. The highest BCUT2D eigenvalue weighted by atomic mass is 16.3. The summed E-state index contributed by atoms with van der Waals surface area (Å²) in [6.45, 7) is 3.53. The lowest BCUT2D eigenvalue weighted by molar-refractivity contribution is -0.135. The van der Waals surface area contributed by atoms with Gasteiger partial charge in [0.1, 0.15) is 5.75 Å². The molecule has 2 heterocycles. The second kappa shape index (κ2) is 8.19. The lowest BCUT2D eigenvalue weighted by Gasteiger charge is -2.36. The maximum Gasteiger partial charge on any atom is 0.224 e. The summed E-state index contributed by atoms with van der Waals surface area (Å²) in [5.41, 5.74) is 2.33. The lowest BCUT2D eigenvalue weighted by Crippen LogP contribution is -2.44. The van der Waals surface area contributed by atoms with Gasteiger partial charge in [-0.2, -0.15) is 5.10 Å². The van der Waals surface area contributed by atoms with Crippen LogP contribution in [0.4, 0.5) is 0 Å². The monoisotopic (exact) mass is 341 g/mol. The van der Waals surface area contributed by atoms with E-state index in [1.807, 2.05) is 36.1 Å². The molecule has 5 nitrogen and oxygen atoms in total. The van der Waals surface area contributed by atoms with Gasteiger partial charge in [0, 0.05) is 31.7 Å². The van der Waals surface area contributed by atoms with Crippen molar-refractivity contribution in [3.05, 3.63) is 47.8 Å². The number of carbonyl (C=O) groups excluding carboxylic acids is 1. The average Bonchev–Trinajstić information content (AvgIpc) is 3.05. The van der Waals surface area contributed by atoms with Gasteiger partial charge in [-0.1, -0.05) is 12.1 Å². The zero-order chi connectivity index (χ0) is 17.6. The van der Waals surface area contributed by atoms with Gasteiger partial charge >= 0.3 is 0 Å². The number of likely N-dealkylation sites (tertiary alicyclic amines) is 1. The molecule has 25 heavy (non-hydrogen) atoms. The van der Waals surface area contributed by atoms with Gasteiger partial charge in [0.15, 0.2) is 0 Å². The van der Waals surface area contributed by atoms with E-state index < -0.39 is 0 Å². The Morgan fingerprint density at radius 3 is 2.80 bits per heavy atom. The molecule has 1 aliphatic rings. The third kappa shape index (κ3) is 4.84. The Morgan fingerprint density at radius 1 is 1.28 bits per heavy atom. The number of aromatic hydroxyl groups is 1. The number of phenolic OH excluding ortho intramolecular Hbond substituents is 1.